The number of hydrogen-bond donors (Lipinski definition) is 2. The maximum Gasteiger partial charge on any atom is 0.265 e. The molecule has 174 valence electrons. The second kappa shape index (κ2) is 9.74. The maximum absolute atomic E-state index is 13.2. The zero-order chi connectivity index (χ0) is 24.4. The Morgan fingerprint density at radius 3 is 2.11 bits per heavy atom. The summed E-state index contributed by atoms with van der Waals surface area (Å²) in [5.41, 5.74) is 6.40. The molecular weight excluding hydrogens is 482 g/mol. The van der Waals surface area contributed by atoms with E-state index in [1.807, 2.05) is 67.6 Å². The van der Waals surface area contributed by atoms with Crippen LogP contribution in [0.15, 0.2) is 90.0 Å². The van der Waals surface area contributed by atoms with E-state index < -0.39 is 5.92 Å². The molecular formula is C27H20ClN3O3S. The Kier molecular flexibility index (Phi) is 6.35. The maximum atomic E-state index is 13.2. The Bertz CT molecular complexity index is 1400. The van der Waals surface area contributed by atoms with E-state index in [-0.39, 0.29) is 11.8 Å². The number of fused-ring (bicyclic) bond motifs is 2. The summed E-state index contributed by atoms with van der Waals surface area (Å²) in [4.78, 5) is 26.1. The molecule has 5 rings (SSSR count). The summed E-state index contributed by atoms with van der Waals surface area (Å²) in [5.74, 6) is 0.329. The standard InChI is InChI=1S/C27H20ClN3O3S/c1-16(17-10-12-18(13-11-17)29-26(32)23-14-15-24(28)35-23)30-31-27(33)25-19-6-2-4-8-21(19)34-22-9-5-3-7-20(22)25/h2-15,25H,1H3,(H,29,32)(H,31,33)/b30-16+. The van der Waals surface area contributed by atoms with Crippen molar-refractivity contribution in [3.8, 4) is 11.5 Å². The molecule has 2 amide bonds. The van der Waals surface area contributed by atoms with Crippen molar-refractivity contribution in [1.82, 2.24) is 5.43 Å². The van der Waals surface area contributed by atoms with Gasteiger partial charge >= 0.3 is 0 Å². The van der Waals surface area contributed by atoms with Gasteiger partial charge < -0.3 is 10.1 Å². The number of anilines is 1. The molecule has 1 aromatic heterocycles. The van der Waals surface area contributed by atoms with Crippen LogP contribution in [0.5, 0.6) is 11.5 Å². The summed E-state index contributed by atoms with van der Waals surface area (Å²) >= 11 is 7.13. The molecule has 0 fully saturated rings. The number of thiophene rings is 1. The average Bonchev–Trinajstić information content (AvgIpc) is 3.32. The first-order chi connectivity index (χ1) is 17.0. The molecule has 0 bridgehead atoms. The van der Waals surface area contributed by atoms with Gasteiger partial charge in [-0.2, -0.15) is 5.10 Å². The highest BCUT2D eigenvalue weighted by atomic mass is 35.5. The Labute approximate surface area is 211 Å². The van der Waals surface area contributed by atoms with Gasteiger partial charge in [0.2, 0.25) is 0 Å². The minimum absolute atomic E-state index is 0.218. The van der Waals surface area contributed by atoms with E-state index >= 15 is 0 Å². The van der Waals surface area contributed by atoms with E-state index in [4.69, 9.17) is 16.3 Å². The summed E-state index contributed by atoms with van der Waals surface area (Å²) in [5, 5.41) is 7.17. The molecule has 1 aliphatic rings. The van der Waals surface area contributed by atoms with Crippen molar-refractivity contribution >= 4 is 46.2 Å². The quantitative estimate of drug-likeness (QED) is 0.244. The van der Waals surface area contributed by atoms with Crippen molar-refractivity contribution in [2.24, 2.45) is 5.10 Å². The average molecular weight is 502 g/mol. The summed E-state index contributed by atoms with van der Waals surface area (Å²) in [6.07, 6.45) is 0. The van der Waals surface area contributed by atoms with Crippen LogP contribution in [0.4, 0.5) is 5.69 Å². The summed E-state index contributed by atoms with van der Waals surface area (Å²) in [7, 11) is 0. The molecule has 0 spiro atoms. The number of nitrogens with one attached hydrogen (secondary N) is 2. The van der Waals surface area contributed by atoms with Gasteiger partial charge in [-0.3, -0.25) is 9.59 Å². The minimum atomic E-state index is -0.531. The molecule has 8 heteroatoms. The van der Waals surface area contributed by atoms with Gasteiger partial charge in [-0.25, -0.2) is 5.43 Å². The number of rotatable bonds is 5. The van der Waals surface area contributed by atoms with Crippen LogP contribution < -0.4 is 15.5 Å². The number of nitrogens with zero attached hydrogens (tertiary/aromatic N) is 1. The summed E-state index contributed by atoms with van der Waals surface area (Å²) in [6.45, 7) is 1.81. The number of carbonyl (C=O) groups is 2. The van der Waals surface area contributed by atoms with Crippen LogP contribution in [-0.4, -0.2) is 17.5 Å². The lowest BCUT2D eigenvalue weighted by Crippen LogP contribution is -2.29. The zero-order valence-electron chi connectivity index (χ0n) is 18.6. The zero-order valence-corrected chi connectivity index (χ0v) is 20.2. The SMILES string of the molecule is C/C(=N\NC(=O)C1c2ccccc2Oc2ccccc21)c1ccc(NC(=O)c2ccc(Cl)s2)cc1. The first-order valence-electron chi connectivity index (χ1n) is 10.9. The van der Waals surface area contributed by atoms with E-state index in [1.165, 1.54) is 11.3 Å². The highest BCUT2D eigenvalue weighted by Crippen LogP contribution is 2.43. The third kappa shape index (κ3) is 4.82. The summed E-state index contributed by atoms with van der Waals surface area (Å²) in [6, 6.07) is 25.6. The smallest absolute Gasteiger partial charge is 0.265 e. The molecule has 0 saturated heterocycles. The van der Waals surface area contributed by atoms with Crippen molar-refractivity contribution in [3.05, 3.63) is 111 Å². The molecule has 1 aliphatic heterocycles. The molecule has 0 atom stereocenters. The minimum Gasteiger partial charge on any atom is -0.457 e. The molecule has 2 heterocycles. The van der Waals surface area contributed by atoms with Crippen LogP contribution in [0.2, 0.25) is 4.34 Å². The first kappa shape index (κ1) is 22.8. The first-order valence-corrected chi connectivity index (χ1v) is 12.1. The van der Waals surface area contributed by atoms with Gasteiger partial charge in [0.05, 0.1) is 20.8 Å². The molecule has 0 aliphatic carbocycles. The Morgan fingerprint density at radius 2 is 1.51 bits per heavy atom. The van der Waals surface area contributed by atoms with Gasteiger partial charge in [0, 0.05) is 16.8 Å². The molecule has 0 unspecified atom stereocenters. The van der Waals surface area contributed by atoms with Crippen LogP contribution in [0.25, 0.3) is 0 Å². The highest BCUT2D eigenvalue weighted by molar-refractivity contribution is 7.18. The summed E-state index contributed by atoms with van der Waals surface area (Å²) < 4.78 is 6.53. The number of amides is 2. The lowest BCUT2D eigenvalue weighted by molar-refractivity contribution is -0.121. The number of benzene rings is 3. The predicted molar refractivity (Wildman–Crippen MR) is 139 cm³/mol. The molecule has 35 heavy (non-hydrogen) atoms. The van der Waals surface area contributed by atoms with Crippen molar-refractivity contribution in [2.75, 3.05) is 5.32 Å². The van der Waals surface area contributed by atoms with Crippen LogP contribution in [0.3, 0.4) is 0 Å². The monoisotopic (exact) mass is 501 g/mol. The van der Waals surface area contributed by atoms with Crippen molar-refractivity contribution in [1.29, 1.82) is 0 Å². The van der Waals surface area contributed by atoms with Crippen molar-refractivity contribution in [2.45, 2.75) is 12.8 Å². The highest BCUT2D eigenvalue weighted by Gasteiger charge is 2.32. The van der Waals surface area contributed by atoms with Gasteiger partial charge in [0.15, 0.2) is 0 Å². The number of halogens is 1. The Morgan fingerprint density at radius 1 is 0.886 bits per heavy atom. The fourth-order valence-electron chi connectivity index (χ4n) is 3.88. The van der Waals surface area contributed by atoms with Crippen LogP contribution in [-0.2, 0) is 4.79 Å². The molecule has 0 radical (unpaired) electrons. The van der Waals surface area contributed by atoms with Gasteiger partial charge in [0.25, 0.3) is 11.8 Å². The fraction of sp³-hybridized carbons (Fsp3) is 0.0741. The van der Waals surface area contributed by atoms with Gasteiger partial charge in [0.1, 0.15) is 11.5 Å². The second-order valence-corrected chi connectivity index (χ2v) is 9.63. The third-order valence-corrected chi connectivity index (χ3v) is 6.86. The van der Waals surface area contributed by atoms with Crippen molar-refractivity contribution < 1.29 is 14.3 Å². The number of carbonyl (C=O) groups excluding carboxylic acids is 2. The number of hydrogen-bond acceptors (Lipinski definition) is 5. The molecule has 2 N–H and O–H groups in total. The number of ether oxygens (including phenoxy) is 1. The molecule has 3 aromatic carbocycles. The molecule has 0 saturated carbocycles. The van der Waals surface area contributed by atoms with E-state index in [0.717, 1.165) is 16.7 Å². The predicted octanol–water partition coefficient (Wildman–Crippen LogP) is 6.43. The lowest BCUT2D eigenvalue weighted by Gasteiger charge is -2.26. The van der Waals surface area contributed by atoms with Crippen molar-refractivity contribution in [3.63, 3.8) is 0 Å². The topological polar surface area (TPSA) is 79.8 Å². The normalized spacial score (nSPS) is 12.8. The Balaban J connectivity index is 1.30. The number of hydrazone groups is 1. The fourth-order valence-corrected chi connectivity index (χ4v) is 4.82. The molecule has 4 aromatic rings. The second-order valence-electron chi connectivity index (χ2n) is 7.92. The van der Waals surface area contributed by atoms with Gasteiger partial charge in [-0.05, 0) is 48.9 Å². The van der Waals surface area contributed by atoms with E-state index in [9.17, 15) is 9.59 Å². The van der Waals surface area contributed by atoms with E-state index in [2.05, 4.69) is 15.8 Å². The van der Waals surface area contributed by atoms with Crippen LogP contribution in [0.1, 0.15) is 39.2 Å². The Hall–Kier alpha value is -3.94. The van der Waals surface area contributed by atoms with Gasteiger partial charge in [-0.15, -0.1) is 11.3 Å². The van der Waals surface area contributed by atoms with E-state index in [0.29, 0.717) is 32.1 Å². The largest absolute Gasteiger partial charge is 0.457 e. The molecule has 6 nitrogen and oxygen atoms in total. The number of para-hydroxylation sites is 2. The lowest BCUT2D eigenvalue weighted by atomic mass is 9.87. The van der Waals surface area contributed by atoms with Crippen LogP contribution >= 0.6 is 22.9 Å². The van der Waals surface area contributed by atoms with E-state index in [1.54, 1.807) is 24.3 Å². The van der Waals surface area contributed by atoms with Gasteiger partial charge in [-0.1, -0.05) is 60.1 Å². The van der Waals surface area contributed by atoms with Crippen LogP contribution in [0, 0.1) is 0 Å². The third-order valence-electron chi connectivity index (χ3n) is 5.63.